The highest BCUT2D eigenvalue weighted by molar-refractivity contribution is 5.16. The van der Waals surface area contributed by atoms with E-state index in [1.54, 1.807) is 56.0 Å². The SMILES string of the molecule is N[C@H](Cc1ccccc1)Cn1cc(COCCCOC2OC(CO)C(O)C(O)C2O)nn1.OCC1OC(OCCCOCc2cn(CC3CCCN3)nn2)C(O)C(O)C1O.OCC1OC(OCCCOCc2cn(Cc3ccc[nH]3)nn2)C(O)C(O)C1O.OCC1OC(OCCCOCc2cn(Cc3ccccn3)nn2)C(O)C(O)C1O.OCC1OC(OCCCOCc2cn(Cc3cnc[nH]3)nn2)C(O)C(O)C1O. The van der Waals surface area contributed by atoms with Crippen LogP contribution in [0.3, 0.4) is 0 Å². The Kier molecular flexibility index (Phi) is 50.2. The van der Waals surface area contributed by atoms with Gasteiger partial charge in [0.15, 0.2) is 31.5 Å². The summed E-state index contributed by atoms with van der Waals surface area (Å²) in [4.78, 5) is 14.3. The van der Waals surface area contributed by atoms with Crippen LogP contribution < -0.4 is 11.1 Å². The smallest absolute Gasteiger partial charge is 0.186 e. The van der Waals surface area contributed by atoms with Crippen LogP contribution in [0.2, 0.25) is 0 Å². The minimum atomic E-state index is -1.45. The van der Waals surface area contributed by atoms with Gasteiger partial charge in [-0.1, -0.05) is 62.5 Å². The Hall–Kier alpha value is -8.92. The first kappa shape index (κ1) is 116. The molecule has 0 spiro atoms. The van der Waals surface area contributed by atoms with Crippen molar-refractivity contribution in [1.29, 1.82) is 0 Å². The molecule has 26 unspecified atom stereocenters. The van der Waals surface area contributed by atoms with Crippen molar-refractivity contribution >= 4 is 0 Å². The summed E-state index contributed by atoms with van der Waals surface area (Å²) in [5, 5.41) is 236. The Morgan fingerprint density at radius 1 is 0.359 bits per heavy atom. The molecule has 56 heteroatoms. The Bertz CT molecular complexity index is 4750. The molecule has 25 N–H and O–H groups in total. The lowest BCUT2D eigenvalue weighted by atomic mass is 9.99. The third-order valence-corrected chi connectivity index (χ3v) is 23.3. The van der Waals surface area contributed by atoms with Crippen LogP contribution >= 0.6 is 0 Å². The molecule has 0 aliphatic carbocycles. The van der Waals surface area contributed by atoms with E-state index < -0.39 is 187 Å². The lowest BCUT2D eigenvalue weighted by Gasteiger charge is -2.39. The first-order valence-electron chi connectivity index (χ1n) is 47.8. The lowest BCUT2D eigenvalue weighted by Crippen LogP contribution is -2.59. The lowest BCUT2D eigenvalue weighted by molar-refractivity contribution is -0.301. The molecule has 1 aromatic carbocycles. The molecule has 15 rings (SSSR count). The maximum atomic E-state index is 9.92. The number of nitrogens with one attached hydrogen (secondary N) is 3. The largest absolute Gasteiger partial charge is 0.394 e. The van der Waals surface area contributed by atoms with Gasteiger partial charge < -0.3 is 194 Å². The molecule has 56 nitrogen and oxygen atoms in total. The first-order valence-corrected chi connectivity index (χ1v) is 47.8. The van der Waals surface area contributed by atoms with Gasteiger partial charge in [-0.2, -0.15) is 0 Å². The van der Waals surface area contributed by atoms with Gasteiger partial charge in [0, 0.05) is 69.4 Å². The van der Waals surface area contributed by atoms with Crippen molar-refractivity contribution in [3.63, 3.8) is 0 Å². The van der Waals surface area contributed by atoms with Crippen molar-refractivity contribution in [2.75, 3.05) is 106 Å². The summed E-state index contributed by atoms with van der Waals surface area (Å²) in [6, 6.07) is 20.0. The standard InChI is InChI=1S/C21H32N4O7.C18H26N4O7.C17H30N4O7.C17H26N4O7.C16H25N5O7/c22-15(9-14-5-2-1-3-6-14)10-25-11-16(23-24-25)13-30-7-4-8-31-21-20(29)19(28)18(27)17(12-26)32-21;23-10-14-15(24)16(25)17(26)18(29-14)28-7-3-6-27-11-13-9-22(21-20-13)8-12-4-1-2-5-19-12;2*22-9-13-14(23)15(24)16(25)17(28-13)27-6-2-5-26-10-12-8-21(20-19-12)7-11-3-1-4-18-11;22-7-12-13(23)14(24)15(25)16(28-12)27-3-1-2-26-8-11-6-21(20-19-11)5-10-4-17-9-18-10/h1-3,5-6,11,15,17-21,26-29H,4,7-10,12-13,22H2;1-2,4-5,9,14-18,23-26H,3,6-8,10-11H2;8,11,13-18,22-25H,1-7,9-10H2;1,3-4,8,13-18,22-25H,2,5-7,9-10H2;4,6,9,12-16,22-25H,1-3,5,7-8H2,(H,17,18)/t15-,17?,18?,19?,20?,21?;;;;/m1..../s1. The van der Waals surface area contributed by atoms with E-state index >= 15 is 0 Å². The number of hydrogen-bond donors (Lipinski definition) is 24. The fourth-order valence-corrected chi connectivity index (χ4v) is 15.3. The number of nitrogens with zero attached hydrogens (tertiary/aromatic N) is 17. The molecule has 9 aromatic rings. The number of aromatic amines is 2. The van der Waals surface area contributed by atoms with Gasteiger partial charge in [0.05, 0.1) is 181 Å². The molecule has 0 bridgehead atoms. The molecule has 14 heterocycles. The summed E-state index contributed by atoms with van der Waals surface area (Å²) in [6.45, 7) is 6.14. The molecule has 6 saturated heterocycles. The van der Waals surface area contributed by atoms with Crippen LogP contribution in [-0.4, -0.2) is 468 Å². The van der Waals surface area contributed by atoms with Gasteiger partial charge in [-0.15, -0.1) is 25.5 Å². The third-order valence-electron chi connectivity index (χ3n) is 23.3. The molecule has 6 fully saturated rings. The molecular weight excluding hydrogens is 1920 g/mol. The molecule has 0 radical (unpaired) electrons. The zero-order valence-electron chi connectivity index (χ0n) is 79.8. The maximum Gasteiger partial charge on any atom is 0.186 e. The van der Waals surface area contributed by atoms with E-state index in [1.807, 2.05) is 83.9 Å². The number of aromatic nitrogens is 19. The highest BCUT2D eigenvalue weighted by Crippen LogP contribution is 2.28. The average molecular weight is 2060 g/mol. The van der Waals surface area contributed by atoms with E-state index in [9.17, 15) is 81.7 Å². The number of imidazole rings is 1. The molecule has 145 heavy (non-hydrogen) atoms. The Balaban J connectivity index is 0.000000173. The van der Waals surface area contributed by atoms with E-state index in [1.165, 1.54) is 12.0 Å². The Labute approximate surface area is 831 Å². The molecule has 0 saturated carbocycles. The summed E-state index contributed by atoms with van der Waals surface area (Å²) < 4.78 is 89.6. The van der Waals surface area contributed by atoms with Crippen molar-refractivity contribution in [3.05, 3.63) is 168 Å². The third kappa shape index (κ3) is 37.6. The highest BCUT2D eigenvalue weighted by atomic mass is 16.7. The van der Waals surface area contributed by atoms with E-state index in [-0.39, 0.29) is 45.7 Å². The van der Waals surface area contributed by atoms with Crippen molar-refractivity contribution in [1.82, 2.24) is 100 Å². The number of ether oxygens (including phenoxy) is 15. The Morgan fingerprint density at radius 2 is 0.703 bits per heavy atom. The summed E-state index contributed by atoms with van der Waals surface area (Å²) in [6.07, 6.45) is -10.1. The van der Waals surface area contributed by atoms with Crippen LogP contribution in [0.4, 0.5) is 0 Å². The van der Waals surface area contributed by atoms with Crippen LogP contribution in [0, 0.1) is 0 Å². The van der Waals surface area contributed by atoms with Crippen molar-refractivity contribution in [3.8, 4) is 0 Å². The van der Waals surface area contributed by atoms with E-state index in [2.05, 4.69) is 76.8 Å². The summed E-state index contributed by atoms with van der Waals surface area (Å²) in [5.74, 6) is 0. The molecule has 27 atom stereocenters. The van der Waals surface area contributed by atoms with Gasteiger partial charge in [0.2, 0.25) is 0 Å². The van der Waals surface area contributed by atoms with E-state index in [4.69, 9.17) is 97.2 Å². The van der Waals surface area contributed by atoms with Crippen molar-refractivity contribution < 1.29 is 173 Å². The van der Waals surface area contributed by atoms with Crippen LogP contribution in [0.15, 0.2) is 117 Å². The van der Waals surface area contributed by atoms with Gasteiger partial charge in [-0.3, -0.25) is 14.3 Å². The van der Waals surface area contributed by atoms with Crippen LogP contribution in [0.5, 0.6) is 0 Å². The number of H-pyrrole nitrogens is 2. The van der Waals surface area contributed by atoms with E-state index in [0.717, 1.165) is 48.7 Å². The monoisotopic (exact) mass is 2060 g/mol. The zero-order valence-corrected chi connectivity index (χ0v) is 79.8. The number of aliphatic hydroxyl groups excluding tert-OH is 20. The van der Waals surface area contributed by atoms with Crippen LogP contribution in [0.1, 0.15) is 96.1 Å². The van der Waals surface area contributed by atoms with Gasteiger partial charge in [-0.05, 0) is 87.7 Å². The van der Waals surface area contributed by atoms with Gasteiger partial charge in [0.1, 0.15) is 151 Å². The predicted molar refractivity (Wildman–Crippen MR) is 490 cm³/mol. The second kappa shape index (κ2) is 62.5. The van der Waals surface area contributed by atoms with Crippen molar-refractivity contribution in [2.24, 2.45) is 5.73 Å². The summed E-state index contributed by atoms with van der Waals surface area (Å²) in [5.41, 5.74) is 13.7. The van der Waals surface area contributed by atoms with Gasteiger partial charge in [-0.25, -0.2) is 19.0 Å². The second-order valence-corrected chi connectivity index (χ2v) is 34.8. The predicted octanol–water partition coefficient (Wildman–Crippen LogP) is -9.08. The van der Waals surface area contributed by atoms with Crippen LogP contribution in [0.25, 0.3) is 0 Å². The molecular formula is C89H139N21O35. The molecule has 6 aliphatic heterocycles. The normalized spacial score (nSPS) is 28.6. The topological polar surface area (TPSA) is 792 Å². The quantitative estimate of drug-likeness (QED) is 0.0157. The number of nitrogens with two attached hydrogens (primary N) is 1. The highest BCUT2D eigenvalue weighted by Gasteiger charge is 2.49. The molecule has 0 amide bonds. The number of hydrogen-bond acceptors (Lipinski definition) is 49. The summed E-state index contributed by atoms with van der Waals surface area (Å²) in [7, 11) is 0. The number of rotatable bonds is 52. The number of pyridine rings is 1. The molecule has 8 aromatic heterocycles. The fraction of sp³-hybridized carbons (Fsp3) is 0.685. The molecule has 6 aliphatic rings. The summed E-state index contributed by atoms with van der Waals surface area (Å²) >= 11 is 0. The Morgan fingerprint density at radius 3 is 1.03 bits per heavy atom. The van der Waals surface area contributed by atoms with E-state index in [0.29, 0.717) is 147 Å². The minimum Gasteiger partial charge on any atom is -0.394 e. The maximum absolute atomic E-state index is 9.92. The molecule has 810 valence electrons. The average Bonchev–Trinajstić information content (AvgIpc) is 1.81. The second-order valence-electron chi connectivity index (χ2n) is 34.8. The van der Waals surface area contributed by atoms with Crippen molar-refractivity contribution in [2.45, 2.75) is 283 Å². The fourth-order valence-electron chi connectivity index (χ4n) is 15.3. The van der Waals surface area contributed by atoms with Gasteiger partial charge in [0.25, 0.3) is 0 Å². The number of benzene rings is 1. The zero-order chi connectivity index (χ0) is 103. The number of aliphatic hydroxyl groups is 20. The first-order chi connectivity index (χ1) is 70.3. The van der Waals surface area contributed by atoms with Crippen LogP contribution in [-0.2, 0) is 143 Å². The van der Waals surface area contributed by atoms with Gasteiger partial charge >= 0.3 is 0 Å². The minimum absolute atomic E-state index is 0.0764.